The fourth-order valence-electron chi connectivity index (χ4n) is 2.69. The van der Waals surface area contributed by atoms with Gasteiger partial charge in [0.05, 0.1) is 19.0 Å². The fourth-order valence-corrected chi connectivity index (χ4v) is 3.34. The van der Waals surface area contributed by atoms with Gasteiger partial charge >= 0.3 is 0 Å². The van der Waals surface area contributed by atoms with Crippen LogP contribution in [0, 0.1) is 0 Å². The van der Waals surface area contributed by atoms with Gasteiger partial charge < -0.3 is 15.2 Å². The normalized spacial score (nSPS) is 22.0. The van der Waals surface area contributed by atoms with Crippen LogP contribution in [0.4, 0.5) is 5.13 Å². The maximum Gasteiger partial charge on any atom is 0.213 e. The highest BCUT2D eigenvalue weighted by Crippen LogP contribution is 2.35. The van der Waals surface area contributed by atoms with Crippen molar-refractivity contribution in [3.8, 4) is 11.6 Å². The first-order chi connectivity index (χ1) is 10.2. The molecular formula is C15H19N3O2S. The average molecular weight is 305 g/mol. The van der Waals surface area contributed by atoms with Gasteiger partial charge in [-0.25, -0.2) is 9.97 Å². The van der Waals surface area contributed by atoms with Gasteiger partial charge in [-0.15, -0.1) is 11.3 Å². The van der Waals surface area contributed by atoms with Gasteiger partial charge in [0, 0.05) is 17.4 Å². The molecule has 3 rings (SSSR count). The molecule has 2 aromatic heterocycles. The van der Waals surface area contributed by atoms with Crippen molar-refractivity contribution >= 4 is 16.5 Å². The van der Waals surface area contributed by atoms with Gasteiger partial charge in [0.1, 0.15) is 11.9 Å². The largest absolute Gasteiger partial charge is 0.495 e. The molecule has 6 heteroatoms. The van der Waals surface area contributed by atoms with Crippen LogP contribution < -0.4 is 15.2 Å². The molecule has 1 fully saturated rings. The third kappa shape index (κ3) is 3.44. The van der Waals surface area contributed by atoms with E-state index in [1.165, 1.54) is 11.3 Å². The zero-order valence-corrected chi connectivity index (χ0v) is 12.8. The highest BCUT2D eigenvalue weighted by Gasteiger charge is 2.25. The smallest absolute Gasteiger partial charge is 0.213 e. The van der Waals surface area contributed by atoms with Crippen LogP contribution in [-0.2, 0) is 0 Å². The molecule has 0 radical (unpaired) electrons. The van der Waals surface area contributed by atoms with Gasteiger partial charge in [-0.1, -0.05) is 0 Å². The van der Waals surface area contributed by atoms with E-state index in [0.717, 1.165) is 37.1 Å². The summed E-state index contributed by atoms with van der Waals surface area (Å²) in [4.78, 5) is 8.64. The van der Waals surface area contributed by atoms with Crippen LogP contribution in [0.25, 0.3) is 0 Å². The van der Waals surface area contributed by atoms with Crippen LogP contribution in [0.5, 0.6) is 11.6 Å². The van der Waals surface area contributed by atoms with E-state index in [1.54, 1.807) is 13.3 Å². The van der Waals surface area contributed by atoms with E-state index >= 15 is 0 Å². The highest BCUT2D eigenvalue weighted by atomic mass is 32.1. The number of hydrogen-bond donors (Lipinski definition) is 1. The van der Waals surface area contributed by atoms with E-state index < -0.39 is 0 Å². The maximum absolute atomic E-state index is 5.94. The van der Waals surface area contributed by atoms with E-state index in [-0.39, 0.29) is 6.10 Å². The second-order valence-corrected chi connectivity index (χ2v) is 6.13. The lowest BCUT2D eigenvalue weighted by atomic mass is 9.86. The molecule has 21 heavy (non-hydrogen) atoms. The number of aromatic nitrogens is 2. The Balaban J connectivity index is 1.53. The quantitative estimate of drug-likeness (QED) is 0.939. The van der Waals surface area contributed by atoms with E-state index in [0.29, 0.717) is 16.9 Å². The van der Waals surface area contributed by atoms with E-state index in [4.69, 9.17) is 15.2 Å². The minimum atomic E-state index is 0.234. The number of nitrogens with two attached hydrogens (primary N) is 1. The standard InChI is InChI=1S/C15H19N3O2S/c1-19-12-6-7-14(17-8-12)20-11-4-2-10(3-5-11)13-9-21-15(16)18-13/h6-11H,2-5H2,1H3,(H2,16,18)/t10-,11-. The molecule has 0 spiro atoms. The SMILES string of the molecule is COc1ccc(O[C@H]2CC[C@H](c3csc(N)n3)CC2)nc1. The van der Waals surface area contributed by atoms with Crippen LogP contribution in [0.15, 0.2) is 23.7 Å². The molecule has 5 nitrogen and oxygen atoms in total. The summed E-state index contributed by atoms with van der Waals surface area (Å²) in [5, 5.41) is 2.73. The molecule has 0 bridgehead atoms. The van der Waals surface area contributed by atoms with Crippen LogP contribution in [0.3, 0.4) is 0 Å². The summed E-state index contributed by atoms with van der Waals surface area (Å²) in [5.41, 5.74) is 6.84. The molecular weight excluding hydrogens is 286 g/mol. The third-order valence-electron chi connectivity index (χ3n) is 3.86. The van der Waals surface area contributed by atoms with E-state index in [1.807, 2.05) is 12.1 Å². The molecule has 0 atom stereocenters. The Kier molecular flexibility index (Phi) is 4.24. The first-order valence-electron chi connectivity index (χ1n) is 7.12. The van der Waals surface area contributed by atoms with Crippen LogP contribution in [0.2, 0.25) is 0 Å². The summed E-state index contributed by atoms with van der Waals surface area (Å²) in [6, 6.07) is 3.72. The summed E-state index contributed by atoms with van der Waals surface area (Å²) < 4.78 is 11.0. The fraction of sp³-hybridized carbons (Fsp3) is 0.467. The summed E-state index contributed by atoms with van der Waals surface area (Å²) in [6.45, 7) is 0. The van der Waals surface area contributed by atoms with Crippen molar-refractivity contribution < 1.29 is 9.47 Å². The van der Waals surface area contributed by atoms with E-state index in [2.05, 4.69) is 15.3 Å². The van der Waals surface area contributed by atoms with Crippen molar-refractivity contribution in [2.45, 2.75) is 37.7 Å². The Morgan fingerprint density at radius 2 is 2.05 bits per heavy atom. The number of anilines is 1. The second-order valence-electron chi connectivity index (χ2n) is 5.24. The summed E-state index contributed by atoms with van der Waals surface area (Å²) in [7, 11) is 1.63. The Labute approximate surface area is 128 Å². The second kappa shape index (κ2) is 6.30. The van der Waals surface area contributed by atoms with Gasteiger partial charge in [-0.05, 0) is 31.7 Å². The van der Waals surface area contributed by atoms with E-state index in [9.17, 15) is 0 Å². The lowest BCUT2D eigenvalue weighted by Gasteiger charge is -2.27. The number of pyridine rings is 1. The monoisotopic (exact) mass is 305 g/mol. The first-order valence-corrected chi connectivity index (χ1v) is 8.00. The predicted octanol–water partition coefficient (Wildman–Crippen LogP) is 3.23. The van der Waals surface area contributed by atoms with Gasteiger partial charge in [0.25, 0.3) is 0 Å². The highest BCUT2D eigenvalue weighted by molar-refractivity contribution is 7.13. The van der Waals surface area contributed by atoms with Crippen LogP contribution in [-0.4, -0.2) is 23.2 Å². The van der Waals surface area contributed by atoms with Crippen molar-refractivity contribution in [3.63, 3.8) is 0 Å². The summed E-state index contributed by atoms with van der Waals surface area (Å²) in [5.74, 6) is 1.92. The van der Waals surface area contributed by atoms with Crippen molar-refractivity contribution in [1.82, 2.24) is 9.97 Å². The molecule has 0 saturated heterocycles. The minimum absolute atomic E-state index is 0.234. The molecule has 0 aromatic carbocycles. The Hall–Kier alpha value is -1.82. The lowest BCUT2D eigenvalue weighted by molar-refractivity contribution is 0.140. The topological polar surface area (TPSA) is 70.3 Å². The minimum Gasteiger partial charge on any atom is -0.495 e. The number of methoxy groups -OCH3 is 1. The molecule has 0 unspecified atom stereocenters. The zero-order chi connectivity index (χ0) is 14.7. The molecule has 0 amide bonds. The number of rotatable bonds is 4. The van der Waals surface area contributed by atoms with Crippen LogP contribution >= 0.6 is 11.3 Å². The number of ether oxygens (including phenoxy) is 2. The number of nitrogens with zero attached hydrogens (tertiary/aromatic N) is 2. The summed E-state index contributed by atoms with van der Waals surface area (Å²) in [6.07, 6.45) is 6.14. The molecule has 2 heterocycles. The Morgan fingerprint density at radius 1 is 1.24 bits per heavy atom. The van der Waals surface area contributed by atoms with Crippen molar-refractivity contribution in [1.29, 1.82) is 0 Å². The molecule has 1 aliphatic rings. The summed E-state index contributed by atoms with van der Waals surface area (Å²) >= 11 is 1.52. The van der Waals surface area contributed by atoms with Crippen LogP contribution in [0.1, 0.15) is 37.3 Å². The Morgan fingerprint density at radius 3 is 2.62 bits per heavy atom. The molecule has 2 N–H and O–H groups in total. The average Bonchev–Trinajstić information content (AvgIpc) is 2.95. The van der Waals surface area contributed by atoms with Gasteiger partial charge in [0.15, 0.2) is 5.13 Å². The molecule has 1 saturated carbocycles. The predicted molar refractivity (Wildman–Crippen MR) is 82.9 cm³/mol. The molecule has 0 aliphatic heterocycles. The molecule has 2 aromatic rings. The number of thiazole rings is 1. The zero-order valence-electron chi connectivity index (χ0n) is 12.0. The van der Waals surface area contributed by atoms with Gasteiger partial charge in [-0.2, -0.15) is 0 Å². The number of nitrogen functional groups attached to an aromatic ring is 1. The van der Waals surface area contributed by atoms with Gasteiger partial charge in [0.2, 0.25) is 5.88 Å². The lowest BCUT2D eigenvalue weighted by Crippen LogP contribution is -2.23. The molecule has 112 valence electrons. The van der Waals surface area contributed by atoms with Crippen molar-refractivity contribution in [2.24, 2.45) is 0 Å². The van der Waals surface area contributed by atoms with Crippen molar-refractivity contribution in [2.75, 3.05) is 12.8 Å². The first kappa shape index (κ1) is 14.1. The van der Waals surface area contributed by atoms with Gasteiger partial charge in [-0.3, -0.25) is 0 Å². The van der Waals surface area contributed by atoms with Crippen molar-refractivity contribution in [3.05, 3.63) is 29.4 Å². The molecule has 1 aliphatic carbocycles. The number of hydrogen-bond acceptors (Lipinski definition) is 6. The maximum atomic E-state index is 5.94. The Bertz CT molecular complexity index is 577. The third-order valence-corrected chi connectivity index (χ3v) is 4.56.